The summed E-state index contributed by atoms with van der Waals surface area (Å²) in [6.07, 6.45) is 6.26. The molecule has 0 amide bonds. The van der Waals surface area contributed by atoms with Crippen LogP contribution in [0.4, 0.5) is 0 Å². The van der Waals surface area contributed by atoms with Gasteiger partial charge in [0.25, 0.3) is 0 Å². The van der Waals surface area contributed by atoms with Gasteiger partial charge in [0.05, 0.1) is 18.7 Å². The summed E-state index contributed by atoms with van der Waals surface area (Å²) in [5.41, 5.74) is 0.567. The fourth-order valence-electron chi connectivity index (χ4n) is 4.25. The molecule has 1 spiro atoms. The smallest absolute Gasteiger partial charge is 0.0657 e. The minimum atomic E-state index is 0.0929. The predicted molar refractivity (Wildman–Crippen MR) is 97.6 cm³/mol. The molecule has 0 N–H and O–H groups in total. The summed E-state index contributed by atoms with van der Waals surface area (Å²) in [6, 6.07) is 0. The highest BCUT2D eigenvalue weighted by Gasteiger charge is 2.44. The second kappa shape index (κ2) is 8.51. The number of ether oxygens (including phenoxy) is 1. The van der Waals surface area contributed by atoms with E-state index >= 15 is 0 Å². The van der Waals surface area contributed by atoms with Gasteiger partial charge in [-0.1, -0.05) is 32.6 Å². The molecule has 2 rings (SSSR count). The minimum absolute atomic E-state index is 0.0929. The van der Waals surface area contributed by atoms with Gasteiger partial charge in [-0.05, 0) is 64.1 Å². The number of rotatable bonds is 5. The Balaban J connectivity index is 1.87. The molecule has 0 aromatic heterocycles. The van der Waals surface area contributed by atoms with Crippen molar-refractivity contribution in [3.63, 3.8) is 0 Å². The van der Waals surface area contributed by atoms with Crippen LogP contribution in [0.5, 0.6) is 0 Å². The lowest BCUT2D eigenvalue weighted by Gasteiger charge is -2.50. The van der Waals surface area contributed by atoms with Crippen molar-refractivity contribution in [1.29, 1.82) is 0 Å². The largest absolute Gasteiger partial charge is 0.375 e. The summed E-state index contributed by atoms with van der Waals surface area (Å²) < 4.78 is 6.07. The molecule has 0 aliphatic carbocycles. The molecule has 2 saturated heterocycles. The molecule has 3 heteroatoms. The Labute approximate surface area is 143 Å². The predicted octanol–water partition coefficient (Wildman–Crippen LogP) is 3.39. The van der Waals surface area contributed by atoms with Gasteiger partial charge in [-0.25, -0.2) is 0 Å². The van der Waals surface area contributed by atoms with E-state index in [1.54, 1.807) is 0 Å². The van der Waals surface area contributed by atoms with Gasteiger partial charge < -0.3 is 4.74 Å². The highest BCUT2D eigenvalue weighted by atomic mass is 16.5. The maximum atomic E-state index is 6.07. The molecule has 132 valence electrons. The minimum Gasteiger partial charge on any atom is -0.375 e. The first kappa shape index (κ1) is 18.8. The SMILES string of the molecule is CCN(CC)CC#CCN1CCC[C@@]2(CCO[C@@](C)(CC)C2)C1. The quantitative estimate of drug-likeness (QED) is 0.722. The van der Waals surface area contributed by atoms with Crippen LogP contribution in [0.3, 0.4) is 0 Å². The zero-order valence-electron chi connectivity index (χ0n) is 15.8. The topological polar surface area (TPSA) is 15.7 Å². The van der Waals surface area contributed by atoms with E-state index in [2.05, 4.69) is 49.3 Å². The van der Waals surface area contributed by atoms with Crippen LogP contribution in [0.15, 0.2) is 0 Å². The zero-order chi connectivity index (χ0) is 16.8. The molecule has 23 heavy (non-hydrogen) atoms. The van der Waals surface area contributed by atoms with Crippen LogP contribution in [0, 0.1) is 17.3 Å². The third kappa shape index (κ3) is 5.21. The lowest BCUT2D eigenvalue weighted by atomic mass is 9.68. The van der Waals surface area contributed by atoms with Gasteiger partial charge in [0.15, 0.2) is 0 Å². The van der Waals surface area contributed by atoms with E-state index in [9.17, 15) is 0 Å². The molecule has 2 fully saturated rings. The number of hydrogen-bond acceptors (Lipinski definition) is 3. The van der Waals surface area contributed by atoms with Gasteiger partial charge >= 0.3 is 0 Å². The van der Waals surface area contributed by atoms with Gasteiger partial charge in [0.2, 0.25) is 0 Å². The molecule has 2 aliphatic rings. The van der Waals surface area contributed by atoms with E-state index < -0.39 is 0 Å². The van der Waals surface area contributed by atoms with Crippen LogP contribution < -0.4 is 0 Å². The Bertz CT molecular complexity index is 419. The van der Waals surface area contributed by atoms with Gasteiger partial charge in [-0.3, -0.25) is 9.80 Å². The highest BCUT2D eigenvalue weighted by molar-refractivity contribution is 5.05. The van der Waals surface area contributed by atoms with E-state index in [1.807, 2.05) is 0 Å². The molecule has 2 aliphatic heterocycles. The fraction of sp³-hybridized carbons (Fsp3) is 0.900. The van der Waals surface area contributed by atoms with E-state index in [1.165, 1.54) is 38.8 Å². The molecule has 0 unspecified atom stereocenters. The second-order valence-corrected chi connectivity index (χ2v) is 7.71. The number of hydrogen-bond donors (Lipinski definition) is 0. The van der Waals surface area contributed by atoms with Crippen molar-refractivity contribution >= 4 is 0 Å². The zero-order valence-corrected chi connectivity index (χ0v) is 15.8. The third-order valence-corrected chi connectivity index (χ3v) is 5.94. The standard InChI is InChI=1S/C20H36N2O/c1-5-19(4)17-20(12-16-23-19)11-10-15-22(18-20)14-9-8-13-21(6-2)7-3/h5-7,10-18H2,1-4H3/t19-,20-/m0/s1. The Morgan fingerprint density at radius 1 is 1.13 bits per heavy atom. The summed E-state index contributed by atoms with van der Waals surface area (Å²) in [5.74, 6) is 6.78. The van der Waals surface area contributed by atoms with Gasteiger partial charge in [0.1, 0.15) is 0 Å². The van der Waals surface area contributed by atoms with Crippen molar-refractivity contribution in [2.75, 3.05) is 45.9 Å². The molecule has 0 aromatic rings. The normalized spacial score (nSPS) is 32.0. The summed E-state index contributed by atoms with van der Waals surface area (Å²) in [4.78, 5) is 4.95. The van der Waals surface area contributed by atoms with Crippen molar-refractivity contribution in [2.45, 2.75) is 65.4 Å². The number of likely N-dealkylation sites (tertiary alicyclic amines) is 1. The maximum absolute atomic E-state index is 6.07. The summed E-state index contributed by atoms with van der Waals surface area (Å²) in [5, 5.41) is 0. The lowest BCUT2D eigenvalue weighted by Crippen LogP contribution is -2.51. The molecule has 0 radical (unpaired) electrons. The molecule has 0 saturated carbocycles. The van der Waals surface area contributed by atoms with Crippen molar-refractivity contribution in [2.24, 2.45) is 5.41 Å². The van der Waals surface area contributed by atoms with Crippen molar-refractivity contribution in [3.8, 4) is 11.8 Å². The van der Waals surface area contributed by atoms with Crippen LogP contribution >= 0.6 is 0 Å². The van der Waals surface area contributed by atoms with Crippen LogP contribution in [0.25, 0.3) is 0 Å². The van der Waals surface area contributed by atoms with E-state index in [0.717, 1.165) is 39.2 Å². The van der Waals surface area contributed by atoms with Crippen molar-refractivity contribution in [1.82, 2.24) is 9.80 Å². The monoisotopic (exact) mass is 320 g/mol. The van der Waals surface area contributed by atoms with Crippen LogP contribution in [-0.4, -0.2) is 61.3 Å². The van der Waals surface area contributed by atoms with Crippen molar-refractivity contribution in [3.05, 3.63) is 0 Å². The summed E-state index contributed by atoms with van der Waals surface area (Å²) in [6.45, 7) is 16.4. The second-order valence-electron chi connectivity index (χ2n) is 7.71. The van der Waals surface area contributed by atoms with E-state index in [-0.39, 0.29) is 5.60 Å². The van der Waals surface area contributed by atoms with Gasteiger partial charge in [0, 0.05) is 13.2 Å². The van der Waals surface area contributed by atoms with Crippen LogP contribution in [0.1, 0.15) is 59.8 Å². The average molecular weight is 321 g/mol. The average Bonchev–Trinajstić information content (AvgIpc) is 2.55. The van der Waals surface area contributed by atoms with Crippen LogP contribution in [-0.2, 0) is 4.74 Å². The Morgan fingerprint density at radius 3 is 2.61 bits per heavy atom. The van der Waals surface area contributed by atoms with Gasteiger partial charge in [-0.15, -0.1) is 0 Å². The third-order valence-electron chi connectivity index (χ3n) is 5.94. The van der Waals surface area contributed by atoms with E-state index in [4.69, 9.17) is 4.74 Å². The molecular weight excluding hydrogens is 284 g/mol. The summed E-state index contributed by atoms with van der Waals surface area (Å²) >= 11 is 0. The molecule has 0 aromatic carbocycles. The molecular formula is C20H36N2O. The first-order valence-electron chi connectivity index (χ1n) is 9.59. The molecule has 2 atom stereocenters. The molecule has 2 heterocycles. The maximum Gasteiger partial charge on any atom is 0.0657 e. The van der Waals surface area contributed by atoms with Gasteiger partial charge in [-0.2, -0.15) is 0 Å². The first-order chi connectivity index (χ1) is 11.0. The molecule has 0 bridgehead atoms. The Kier molecular flexibility index (Phi) is 6.95. The van der Waals surface area contributed by atoms with Crippen molar-refractivity contribution < 1.29 is 4.74 Å². The van der Waals surface area contributed by atoms with Crippen LogP contribution in [0.2, 0.25) is 0 Å². The Morgan fingerprint density at radius 2 is 1.91 bits per heavy atom. The number of piperidine rings is 1. The fourth-order valence-corrected chi connectivity index (χ4v) is 4.25. The molecule has 3 nitrogen and oxygen atoms in total. The lowest BCUT2D eigenvalue weighted by molar-refractivity contribution is -0.132. The highest BCUT2D eigenvalue weighted by Crippen LogP contribution is 2.45. The van der Waals surface area contributed by atoms with E-state index in [0.29, 0.717) is 5.41 Å². The summed E-state index contributed by atoms with van der Waals surface area (Å²) in [7, 11) is 0. The Hall–Kier alpha value is -0.560. The first-order valence-corrected chi connectivity index (χ1v) is 9.59. The number of nitrogens with zero attached hydrogens (tertiary/aromatic N) is 2.